The van der Waals surface area contributed by atoms with Crippen LogP contribution in [0.5, 0.6) is 0 Å². The lowest BCUT2D eigenvalue weighted by Gasteiger charge is -2.23. The number of rotatable bonds is 7. The van der Waals surface area contributed by atoms with Gasteiger partial charge in [-0.1, -0.05) is 35.9 Å². The Morgan fingerprint density at radius 1 is 1.19 bits per heavy atom. The highest BCUT2D eigenvalue weighted by Crippen LogP contribution is 2.33. The number of pyridine rings is 1. The lowest BCUT2D eigenvalue weighted by molar-refractivity contribution is -0.106. The van der Waals surface area contributed by atoms with Crippen molar-refractivity contribution in [2.45, 2.75) is 18.4 Å². The topological polar surface area (TPSA) is 106 Å². The largest absolute Gasteiger partial charge is 0.382 e. The van der Waals surface area contributed by atoms with E-state index < -0.39 is 53.4 Å². The molecule has 1 atom stereocenters. The van der Waals surface area contributed by atoms with E-state index in [2.05, 4.69) is 10.1 Å². The van der Waals surface area contributed by atoms with Crippen LogP contribution in [-0.4, -0.2) is 38.1 Å². The zero-order valence-corrected chi connectivity index (χ0v) is 18.8. The summed E-state index contributed by atoms with van der Waals surface area (Å²) in [5.41, 5.74) is 4.06. The van der Waals surface area contributed by atoms with Crippen molar-refractivity contribution in [1.82, 2.24) is 19.9 Å². The summed E-state index contributed by atoms with van der Waals surface area (Å²) in [5.74, 6) is -6.78. The highest BCUT2D eigenvalue weighted by Gasteiger charge is 2.40. The third kappa shape index (κ3) is 4.95. The summed E-state index contributed by atoms with van der Waals surface area (Å²) in [5, 5.41) is 15.5. The first-order valence-electron chi connectivity index (χ1n) is 10.7. The van der Waals surface area contributed by atoms with E-state index in [4.69, 9.17) is 18.7 Å². The number of nitrogens with two attached hydrogens (primary N) is 1. The van der Waals surface area contributed by atoms with E-state index in [0.29, 0.717) is 0 Å². The zero-order chi connectivity index (χ0) is 27.1. The first-order chi connectivity index (χ1) is 17.3. The summed E-state index contributed by atoms with van der Waals surface area (Å²) in [6.45, 7) is -1.59. The van der Waals surface area contributed by atoms with Crippen molar-refractivity contribution >= 4 is 29.1 Å². The van der Waals surface area contributed by atoms with Crippen LogP contribution in [0.1, 0.15) is 35.4 Å². The number of nitrogen functional groups attached to an aromatic ring is 1. The summed E-state index contributed by atoms with van der Waals surface area (Å²) in [7, 11) is 0. The van der Waals surface area contributed by atoms with Crippen LogP contribution in [0.4, 0.5) is 27.9 Å². The second-order valence-electron chi connectivity index (χ2n) is 7.63. The molecule has 0 aliphatic carbocycles. The average molecular weight is 527 g/mol. The van der Waals surface area contributed by atoms with Gasteiger partial charge in [-0.15, -0.1) is 5.10 Å². The molecule has 188 valence electrons. The van der Waals surface area contributed by atoms with E-state index in [0.717, 1.165) is 24.3 Å². The molecule has 1 unspecified atom stereocenters. The zero-order valence-electron chi connectivity index (χ0n) is 19.0. The van der Waals surface area contributed by atoms with Gasteiger partial charge in [-0.05, 0) is 35.4 Å². The monoisotopic (exact) mass is 526 g/mol. The molecule has 1 amide bonds. The molecule has 4 aromatic rings. The van der Waals surface area contributed by atoms with Crippen molar-refractivity contribution in [2.24, 2.45) is 0 Å². The Balaban J connectivity index is 1.57. The number of aromatic nitrogens is 3. The van der Waals surface area contributed by atoms with Crippen LogP contribution in [0.2, 0.25) is 5.02 Å². The maximum atomic E-state index is 15.3. The van der Waals surface area contributed by atoms with E-state index in [9.17, 15) is 27.5 Å². The molecule has 0 spiro atoms. The molecule has 0 aliphatic rings. The van der Waals surface area contributed by atoms with Gasteiger partial charge in [-0.25, -0.2) is 26.5 Å². The van der Waals surface area contributed by atoms with E-state index in [1.807, 2.05) is 0 Å². The number of hydrogen-bond acceptors (Lipinski definition) is 5. The first kappa shape index (κ1) is 23.9. The molecule has 2 heterocycles. The quantitative estimate of drug-likeness (QED) is 0.300. The van der Waals surface area contributed by atoms with Crippen molar-refractivity contribution in [3.8, 4) is 11.1 Å². The number of amides is 1. The predicted molar refractivity (Wildman–Crippen MR) is 121 cm³/mol. The number of nitrogens with one attached hydrogen (secondary N) is 1. The fourth-order valence-corrected chi connectivity index (χ4v) is 3.64. The Morgan fingerprint density at radius 3 is 2.53 bits per heavy atom. The lowest BCUT2D eigenvalue weighted by Crippen LogP contribution is -2.41. The van der Waals surface area contributed by atoms with Crippen LogP contribution in [-0.2, 0) is 0 Å². The predicted octanol–water partition coefficient (Wildman–Crippen LogP) is 4.81. The number of alkyl halides is 4. The Morgan fingerprint density at radius 2 is 1.86 bits per heavy atom. The van der Waals surface area contributed by atoms with Gasteiger partial charge in [0.25, 0.3) is 18.3 Å². The molecular weight excluding hydrogens is 509 g/mol. The van der Waals surface area contributed by atoms with Gasteiger partial charge in [-0.2, -0.15) is 4.98 Å². The van der Waals surface area contributed by atoms with Crippen LogP contribution < -0.4 is 11.1 Å². The summed E-state index contributed by atoms with van der Waals surface area (Å²) in [4.78, 5) is 16.6. The summed E-state index contributed by atoms with van der Waals surface area (Å²) >= 11 is 5.98. The summed E-state index contributed by atoms with van der Waals surface area (Å²) in [6, 6.07) is 8.46. The van der Waals surface area contributed by atoms with Gasteiger partial charge in [0.2, 0.25) is 5.95 Å². The number of anilines is 1. The summed E-state index contributed by atoms with van der Waals surface area (Å²) < 4.78 is 79.4. The minimum Gasteiger partial charge on any atom is -0.382 e. The molecule has 4 N–H and O–H groups in total. The molecule has 4 rings (SSSR count). The molecular formula is C23H17ClF5N5O2. The van der Waals surface area contributed by atoms with Crippen molar-refractivity contribution < 1.29 is 33.2 Å². The Hall–Kier alpha value is -3.77. The Bertz CT molecular complexity index is 1480. The number of fused-ring (bicyclic) bond motifs is 1. The molecule has 0 bridgehead atoms. The molecule has 0 saturated carbocycles. The SMILES string of the molecule is [2H]C(O)(c1ccc(C(F)F)cc1)C(F)(F)CNC(=O)c1c(Cl)ccc(-c2ccn3nc(N)nc3c2)c1F. The fourth-order valence-electron chi connectivity index (χ4n) is 3.41. The molecule has 2 aromatic carbocycles. The number of hydrogen-bond donors (Lipinski definition) is 3. The second kappa shape index (κ2) is 9.70. The highest BCUT2D eigenvalue weighted by atomic mass is 35.5. The van der Waals surface area contributed by atoms with Gasteiger partial charge in [0.05, 0.1) is 18.5 Å². The van der Waals surface area contributed by atoms with E-state index in [1.54, 1.807) is 5.32 Å². The van der Waals surface area contributed by atoms with Crippen molar-refractivity contribution in [3.05, 3.63) is 82.3 Å². The maximum absolute atomic E-state index is 15.3. The fraction of sp³-hybridized carbons (Fsp3) is 0.174. The number of halogens is 6. The molecule has 7 nitrogen and oxygen atoms in total. The first-order valence-corrected chi connectivity index (χ1v) is 10.6. The Kier molecular flexibility index (Phi) is 6.46. The van der Waals surface area contributed by atoms with Crippen LogP contribution in [0.15, 0.2) is 54.7 Å². The Labute approximate surface area is 206 Å². The number of aliphatic hydroxyl groups is 1. The van der Waals surface area contributed by atoms with Crippen LogP contribution in [0.3, 0.4) is 0 Å². The lowest BCUT2D eigenvalue weighted by atomic mass is 10.0. The van der Waals surface area contributed by atoms with Gasteiger partial charge in [-0.3, -0.25) is 4.79 Å². The van der Waals surface area contributed by atoms with Crippen LogP contribution >= 0.6 is 11.6 Å². The number of nitrogens with zero attached hydrogens (tertiary/aromatic N) is 3. The van der Waals surface area contributed by atoms with E-state index in [-0.39, 0.29) is 27.7 Å². The number of carbonyl (C=O) groups excluding carboxylic acids is 1. The molecule has 0 radical (unpaired) electrons. The number of benzene rings is 2. The molecule has 36 heavy (non-hydrogen) atoms. The number of carbonyl (C=O) groups is 1. The van der Waals surface area contributed by atoms with Gasteiger partial charge in [0, 0.05) is 17.3 Å². The van der Waals surface area contributed by atoms with E-state index >= 15 is 4.39 Å². The minimum atomic E-state index is -4.31. The molecule has 13 heteroatoms. The van der Waals surface area contributed by atoms with Crippen molar-refractivity contribution in [3.63, 3.8) is 0 Å². The third-order valence-corrected chi connectivity index (χ3v) is 5.55. The van der Waals surface area contributed by atoms with Crippen LogP contribution in [0, 0.1) is 5.82 Å². The summed E-state index contributed by atoms with van der Waals surface area (Å²) in [6.07, 6.45) is -5.02. The molecule has 0 saturated heterocycles. The van der Waals surface area contributed by atoms with Gasteiger partial charge in [0.1, 0.15) is 11.9 Å². The highest BCUT2D eigenvalue weighted by molar-refractivity contribution is 6.34. The minimum absolute atomic E-state index is 0.0194. The van der Waals surface area contributed by atoms with Crippen molar-refractivity contribution in [2.75, 3.05) is 12.3 Å². The maximum Gasteiger partial charge on any atom is 0.294 e. The molecule has 0 aliphatic heterocycles. The third-order valence-electron chi connectivity index (χ3n) is 5.24. The van der Waals surface area contributed by atoms with Crippen molar-refractivity contribution in [1.29, 1.82) is 0 Å². The normalized spacial score (nSPS) is 14.1. The molecule has 2 aromatic heterocycles. The molecule has 0 fully saturated rings. The van der Waals surface area contributed by atoms with Crippen LogP contribution in [0.25, 0.3) is 16.8 Å². The van der Waals surface area contributed by atoms with Gasteiger partial charge < -0.3 is 16.2 Å². The smallest absolute Gasteiger partial charge is 0.294 e. The van der Waals surface area contributed by atoms with Gasteiger partial charge >= 0.3 is 0 Å². The second-order valence-corrected chi connectivity index (χ2v) is 8.04. The van der Waals surface area contributed by atoms with Gasteiger partial charge in [0.15, 0.2) is 5.65 Å². The standard InChI is InChI=1S/C23H17ClF5N5O2/c24-15-6-5-14(13-7-8-34-16(9-13)32-22(30)33-34)18(25)17(15)21(36)31-10-23(28,29)19(35)11-1-3-12(4-2-11)20(26)27/h1-9,19-20,35H,10H2,(H2,30,33)(H,31,36)/i19D. The van der Waals surface area contributed by atoms with E-state index in [1.165, 1.54) is 35.0 Å². The average Bonchev–Trinajstić information content (AvgIpc) is 3.22.